The third-order valence-electron chi connectivity index (χ3n) is 6.41. The Morgan fingerprint density at radius 1 is 1.28 bits per heavy atom. The van der Waals surface area contributed by atoms with E-state index in [1.165, 1.54) is 6.92 Å². The summed E-state index contributed by atoms with van der Waals surface area (Å²) < 4.78 is 24.4. The highest BCUT2D eigenvalue weighted by molar-refractivity contribution is 7.53. The number of fused-ring (bicyclic) bond motifs is 1. The molecule has 0 bridgehead atoms. The van der Waals surface area contributed by atoms with E-state index in [9.17, 15) is 29.4 Å². The fourth-order valence-electron chi connectivity index (χ4n) is 4.20. The quantitative estimate of drug-likeness (QED) is 0.178. The van der Waals surface area contributed by atoms with Crippen molar-refractivity contribution in [3.63, 3.8) is 0 Å². The van der Waals surface area contributed by atoms with E-state index in [-0.39, 0.29) is 17.0 Å². The maximum Gasteiger partial charge on any atom is 0.358 e. The number of carbonyl (C=O) groups excluding carboxylic acids is 1. The predicted octanol–water partition coefficient (Wildman–Crippen LogP) is -0.105. The van der Waals surface area contributed by atoms with Crippen LogP contribution < -0.4 is 10.6 Å². The van der Waals surface area contributed by atoms with E-state index in [1.807, 2.05) is 0 Å². The summed E-state index contributed by atoms with van der Waals surface area (Å²) >= 11 is 6.13. The van der Waals surface area contributed by atoms with Crippen LogP contribution in [0.5, 0.6) is 0 Å². The third kappa shape index (κ3) is 5.48. The zero-order valence-corrected chi connectivity index (χ0v) is 21.3. The standard InChI is InChI=1S/C19H29ClN7O8P/c1-9(28)21-8-19(2,36(31,32)33)34-7-11-13(29)14(30)17(35-11)27-16-12(25-26-27)15(23-18(20)24-16)22-10-5-3-4-6-10/h10-11,13-14,17,29-30H,3-8H2,1-2H3,(H,21,28)(H,22,23,24)(H2,31,32,33)/t11-,13-,14-,17-,19?/m1/s1. The molecule has 2 aliphatic rings. The Morgan fingerprint density at radius 2 is 1.97 bits per heavy atom. The Hall–Kier alpha value is -1.97. The number of hydrogen-bond acceptors (Lipinski definition) is 11. The van der Waals surface area contributed by atoms with Gasteiger partial charge in [0, 0.05) is 13.0 Å². The summed E-state index contributed by atoms with van der Waals surface area (Å²) in [5, 5.41) is 32.8. The number of aliphatic hydroxyl groups is 2. The zero-order valence-electron chi connectivity index (χ0n) is 19.6. The van der Waals surface area contributed by atoms with Gasteiger partial charge in [-0.2, -0.15) is 14.6 Å². The van der Waals surface area contributed by atoms with E-state index in [2.05, 4.69) is 30.9 Å². The number of aliphatic hydroxyl groups excluding tert-OH is 2. The van der Waals surface area contributed by atoms with Crippen LogP contribution in [0.3, 0.4) is 0 Å². The molecule has 15 nitrogen and oxygen atoms in total. The van der Waals surface area contributed by atoms with Gasteiger partial charge in [0.2, 0.25) is 11.2 Å². The highest BCUT2D eigenvalue weighted by atomic mass is 35.5. The molecule has 3 heterocycles. The molecule has 5 atom stereocenters. The normalized spacial score (nSPS) is 26.9. The molecular formula is C19H29ClN7O8P. The maximum atomic E-state index is 12.0. The molecule has 0 radical (unpaired) electrons. The van der Waals surface area contributed by atoms with Gasteiger partial charge in [0.25, 0.3) is 0 Å². The van der Waals surface area contributed by atoms with Gasteiger partial charge in [-0.15, -0.1) is 5.10 Å². The molecule has 2 fully saturated rings. The fraction of sp³-hybridized carbons (Fsp3) is 0.737. The Labute approximate surface area is 210 Å². The van der Waals surface area contributed by atoms with E-state index in [4.69, 9.17) is 21.1 Å². The van der Waals surface area contributed by atoms with Crippen molar-refractivity contribution in [2.24, 2.45) is 0 Å². The van der Waals surface area contributed by atoms with Gasteiger partial charge in [-0.3, -0.25) is 9.36 Å². The van der Waals surface area contributed by atoms with Crippen molar-refractivity contribution in [1.29, 1.82) is 0 Å². The molecule has 1 aliphatic heterocycles. The lowest BCUT2D eigenvalue weighted by molar-refractivity contribution is -0.121. The molecule has 4 rings (SSSR count). The molecule has 1 amide bonds. The van der Waals surface area contributed by atoms with Crippen molar-refractivity contribution >= 4 is 42.1 Å². The molecule has 1 saturated carbocycles. The number of ether oxygens (including phenoxy) is 2. The molecular weight excluding hydrogens is 521 g/mol. The van der Waals surface area contributed by atoms with E-state index >= 15 is 0 Å². The molecule has 36 heavy (non-hydrogen) atoms. The molecule has 2 aromatic rings. The van der Waals surface area contributed by atoms with Gasteiger partial charge < -0.3 is 40.1 Å². The second-order valence-electron chi connectivity index (χ2n) is 9.16. The van der Waals surface area contributed by atoms with Crippen LogP contribution in [0.2, 0.25) is 5.28 Å². The first-order chi connectivity index (χ1) is 16.9. The van der Waals surface area contributed by atoms with Crippen LogP contribution in [-0.4, -0.2) is 93.7 Å². The summed E-state index contributed by atoms with van der Waals surface area (Å²) in [7, 11) is -4.86. The van der Waals surface area contributed by atoms with Crippen LogP contribution in [0, 0.1) is 0 Å². The number of carbonyl (C=O) groups is 1. The Kier molecular flexibility index (Phi) is 7.84. The minimum atomic E-state index is -4.86. The molecule has 2 aromatic heterocycles. The topological polar surface area (TPSA) is 214 Å². The van der Waals surface area contributed by atoms with Crippen molar-refractivity contribution in [1.82, 2.24) is 30.3 Å². The van der Waals surface area contributed by atoms with Crippen LogP contribution in [0.1, 0.15) is 45.8 Å². The average molecular weight is 550 g/mol. The number of hydrogen-bond donors (Lipinski definition) is 6. The second-order valence-corrected chi connectivity index (χ2v) is 11.5. The minimum Gasteiger partial charge on any atom is -0.387 e. The van der Waals surface area contributed by atoms with Gasteiger partial charge in [-0.05, 0) is 31.4 Å². The first kappa shape index (κ1) is 27.1. The molecule has 1 aliphatic carbocycles. The predicted molar refractivity (Wildman–Crippen MR) is 125 cm³/mol. The number of halogens is 1. The van der Waals surface area contributed by atoms with Crippen molar-refractivity contribution in [2.75, 3.05) is 18.5 Å². The summed E-state index contributed by atoms with van der Waals surface area (Å²) in [6.07, 6.45) is -1.29. The monoisotopic (exact) mass is 549 g/mol. The smallest absolute Gasteiger partial charge is 0.358 e. The van der Waals surface area contributed by atoms with E-state index in [0.717, 1.165) is 37.3 Å². The van der Waals surface area contributed by atoms with Gasteiger partial charge in [-0.1, -0.05) is 18.1 Å². The largest absolute Gasteiger partial charge is 0.387 e. The van der Waals surface area contributed by atoms with Crippen molar-refractivity contribution in [3.8, 4) is 0 Å². The van der Waals surface area contributed by atoms with Gasteiger partial charge in [-0.25, -0.2) is 0 Å². The first-order valence-corrected chi connectivity index (χ1v) is 13.4. The highest BCUT2D eigenvalue weighted by Crippen LogP contribution is 2.51. The van der Waals surface area contributed by atoms with E-state index in [0.29, 0.717) is 11.3 Å². The van der Waals surface area contributed by atoms with Crippen LogP contribution in [0.25, 0.3) is 11.2 Å². The van der Waals surface area contributed by atoms with Crippen LogP contribution in [-0.2, 0) is 18.8 Å². The van der Waals surface area contributed by atoms with Gasteiger partial charge >= 0.3 is 7.60 Å². The Balaban J connectivity index is 1.53. The summed E-state index contributed by atoms with van der Waals surface area (Å²) in [6.45, 7) is 1.33. The third-order valence-corrected chi connectivity index (χ3v) is 8.10. The number of aromatic nitrogens is 5. The summed E-state index contributed by atoms with van der Waals surface area (Å²) in [4.78, 5) is 39.1. The minimum absolute atomic E-state index is 0.0742. The van der Waals surface area contributed by atoms with Crippen molar-refractivity contribution in [3.05, 3.63) is 5.28 Å². The molecule has 0 aromatic carbocycles. The summed E-state index contributed by atoms with van der Waals surface area (Å²) in [5.74, 6) is -0.113. The molecule has 17 heteroatoms. The van der Waals surface area contributed by atoms with E-state index in [1.54, 1.807) is 0 Å². The number of nitrogens with zero attached hydrogens (tertiary/aromatic N) is 5. The van der Waals surface area contributed by atoms with Crippen molar-refractivity contribution < 1.29 is 38.8 Å². The number of amides is 1. The van der Waals surface area contributed by atoms with Crippen LogP contribution in [0.4, 0.5) is 5.82 Å². The number of rotatable bonds is 9. The van der Waals surface area contributed by atoms with Crippen LogP contribution in [0.15, 0.2) is 0 Å². The molecule has 0 spiro atoms. The fourth-order valence-corrected chi connectivity index (χ4v) is 4.89. The SMILES string of the molecule is CC(=O)NCC(C)(OC[C@H]1O[C@@H](n2nnc3c(NC4CCCC4)nc(Cl)nc32)[C@H](O)[C@@H]1O)P(=O)(O)O. The van der Waals surface area contributed by atoms with Gasteiger partial charge in [0.15, 0.2) is 28.6 Å². The molecule has 1 unspecified atom stereocenters. The lowest BCUT2D eigenvalue weighted by Crippen LogP contribution is -2.44. The van der Waals surface area contributed by atoms with Crippen LogP contribution >= 0.6 is 19.2 Å². The second kappa shape index (κ2) is 10.4. The maximum absolute atomic E-state index is 12.0. The Bertz CT molecular complexity index is 1160. The summed E-state index contributed by atoms with van der Waals surface area (Å²) in [6, 6.07) is 0.210. The molecule has 6 N–H and O–H groups in total. The lowest BCUT2D eigenvalue weighted by Gasteiger charge is -2.31. The highest BCUT2D eigenvalue weighted by Gasteiger charge is 2.49. The van der Waals surface area contributed by atoms with E-state index < -0.39 is 56.5 Å². The molecule has 1 saturated heterocycles. The lowest BCUT2D eigenvalue weighted by atomic mass is 10.1. The number of anilines is 1. The average Bonchev–Trinajstić information content (AvgIpc) is 3.51. The summed E-state index contributed by atoms with van der Waals surface area (Å²) in [5.41, 5.74) is 0.472. The Morgan fingerprint density at radius 3 is 2.61 bits per heavy atom. The molecule has 200 valence electrons. The zero-order chi connectivity index (χ0) is 26.3. The van der Waals surface area contributed by atoms with Crippen molar-refractivity contribution in [2.45, 2.75) is 75.5 Å². The number of nitrogens with one attached hydrogen (secondary N) is 2. The first-order valence-electron chi connectivity index (χ1n) is 11.4. The van der Waals surface area contributed by atoms with Gasteiger partial charge in [0.1, 0.15) is 18.3 Å². The van der Waals surface area contributed by atoms with Gasteiger partial charge in [0.05, 0.1) is 13.2 Å².